The number of halogens is 2. The summed E-state index contributed by atoms with van der Waals surface area (Å²) < 4.78 is 16.8. The van der Waals surface area contributed by atoms with Crippen molar-refractivity contribution in [2.45, 2.75) is 25.0 Å². The van der Waals surface area contributed by atoms with E-state index < -0.39 is 0 Å². The summed E-state index contributed by atoms with van der Waals surface area (Å²) in [6.45, 7) is 0.153. The molecule has 0 unspecified atom stereocenters. The monoisotopic (exact) mass is 449 g/mol. The van der Waals surface area contributed by atoms with Gasteiger partial charge in [0.1, 0.15) is 11.3 Å². The predicted octanol–water partition coefficient (Wildman–Crippen LogP) is 3.25. The molecule has 0 saturated carbocycles. The second-order valence-electron chi connectivity index (χ2n) is 6.58. The van der Waals surface area contributed by atoms with Crippen molar-refractivity contribution >= 4 is 29.1 Å². The van der Waals surface area contributed by atoms with Gasteiger partial charge in [0.2, 0.25) is 17.7 Å². The number of hydrogen-bond donors (Lipinski definition) is 1. The largest absolute Gasteiger partial charge is 0.466 e. The summed E-state index contributed by atoms with van der Waals surface area (Å²) in [4.78, 5) is 19.8. The van der Waals surface area contributed by atoms with E-state index >= 15 is 0 Å². The number of amides is 1. The van der Waals surface area contributed by atoms with E-state index in [0.29, 0.717) is 36.3 Å². The molecule has 11 heteroatoms. The number of ether oxygens (including phenoxy) is 2. The van der Waals surface area contributed by atoms with Crippen LogP contribution in [0.3, 0.4) is 0 Å². The minimum atomic E-state index is -0.313. The molecule has 4 rings (SSSR count). The van der Waals surface area contributed by atoms with E-state index in [1.165, 1.54) is 12.4 Å². The summed E-state index contributed by atoms with van der Waals surface area (Å²) in [5.74, 6) is 0.765. The van der Waals surface area contributed by atoms with Gasteiger partial charge in [-0.1, -0.05) is 23.2 Å². The number of rotatable bonds is 6. The van der Waals surface area contributed by atoms with Crippen LogP contribution in [0.4, 0.5) is 0 Å². The van der Waals surface area contributed by atoms with Gasteiger partial charge >= 0.3 is 0 Å². The number of nitrogens with zero attached hydrogens (tertiary/aromatic N) is 4. The van der Waals surface area contributed by atoms with Gasteiger partial charge in [0.05, 0.1) is 25.0 Å². The molecule has 0 radical (unpaired) electrons. The second kappa shape index (κ2) is 9.38. The summed E-state index contributed by atoms with van der Waals surface area (Å²) in [5, 5.41) is 11.9. The number of aromatic nitrogens is 4. The highest BCUT2D eigenvalue weighted by atomic mass is 35.5. The Morgan fingerprint density at radius 1 is 1.13 bits per heavy atom. The van der Waals surface area contributed by atoms with Crippen LogP contribution in [0.2, 0.25) is 10.2 Å². The topological polar surface area (TPSA) is 112 Å². The molecule has 3 aromatic rings. The third kappa shape index (κ3) is 5.24. The zero-order chi connectivity index (χ0) is 20.9. The summed E-state index contributed by atoms with van der Waals surface area (Å²) >= 11 is 11.6. The molecule has 1 amide bonds. The molecule has 0 bridgehead atoms. The standard InChI is InChI=1S/C19H17Cl2N5O4/c20-12-3-1-11(2-4-12)18-25-26-19(30-18)14-6-5-13(9-28-14)24-16(27)10-29-17-8-22-15(21)7-23-17/h1-4,7-8,13-14H,5-6,9-10H2,(H,24,27)/t13-,14+/m1/s1. The zero-order valence-electron chi connectivity index (χ0n) is 15.6. The molecule has 1 aliphatic heterocycles. The quantitative estimate of drug-likeness (QED) is 0.609. The van der Waals surface area contributed by atoms with Gasteiger partial charge in [-0.25, -0.2) is 9.97 Å². The number of nitrogens with one attached hydrogen (secondary N) is 1. The number of carbonyl (C=O) groups excluding carboxylic acids is 1. The highest BCUT2D eigenvalue weighted by molar-refractivity contribution is 6.30. The van der Waals surface area contributed by atoms with E-state index in [1.54, 1.807) is 12.1 Å². The van der Waals surface area contributed by atoms with E-state index in [0.717, 1.165) is 5.56 Å². The fourth-order valence-electron chi connectivity index (χ4n) is 2.92. The maximum absolute atomic E-state index is 12.1. The maximum Gasteiger partial charge on any atom is 0.258 e. The molecule has 0 aliphatic carbocycles. The van der Waals surface area contributed by atoms with Crippen LogP contribution in [-0.4, -0.2) is 45.3 Å². The fraction of sp³-hybridized carbons (Fsp3) is 0.316. The molecular weight excluding hydrogens is 433 g/mol. The van der Waals surface area contributed by atoms with Gasteiger partial charge in [0.15, 0.2) is 6.61 Å². The number of benzene rings is 1. The van der Waals surface area contributed by atoms with Gasteiger partial charge in [-0.2, -0.15) is 0 Å². The normalized spacial score (nSPS) is 18.7. The van der Waals surface area contributed by atoms with Gasteiger partial charge in [0, 0.05) is 10.6 Å². The van der Waals surface area contributed by atoms with Crippen molar-refractivity contribution < 1.29 is 18.7 Å². The van der Waals surface area contributed by atoms with Gasteiger partial charge in [-0.15, -0.1) is 10.2 Å². The third-order valence-corrected chi connectivity index (χ3v) is 4.84. The smallest absolute Gasteiger partial charge is 0.258 e. The Balaban J connectivity index is 1.24. The molecular formula is C19H17Cl2N5O4. The van der Waals surface area contributed by atoms with Crippen LogP contribution in [-0.2, 0) is 9.53 Å². The average molecular weight is 450 g/mol. The molecule has 1 fully saturated rings. The molecule has 9 nitrogen and oxygen atoms in total. The van der Waals surface area contributed by atoms with E-state index in [2.05, 4.69) is 25.5 Å². The first-order chi connectivity index (χ1) is 14.6. The van der Waals surface area contributed by atoms with Crippen molar-refractivity contribution in [1.29, 1.82) is 0 Å². The number of hydrogen-bond acceptors (Lipinski definition) is 8. The van der Waals surface area contributed by atoms with Crippen LogP contribution in [0, 0.1) is 0 Å². The second-order valence-corrected chi connectivity index (χ2v) is 7.41. The van der Waals surface area contributed by atoms with E-state index in [-0.39, 0.29) is 35.7 Å². The van der Waals surface area contributed by atoms with Gasteiger partial charge in [-0.05, 0) is 37.1 Å². The van der Waals surface area contributed by atoms with Crippen molar-refractivity contribution in [1.82, 2.24) is 25.5 Å². The minimum Gasteiger partial charge on any atom is -0.466 e. The van der Waals surface area contributed by atoms with Crippen molar-refractivity contribution in [3.8, 4) is 17.3 Å². The molecule has 1 saturated heterocycles. The van der Waals surface area contributed by atoms with E-state index in [4.69, 9.17) is 37.1 Å². The Morgan fingerprint density at radius 2 is 1.97 bits per heavy atom. The van der Waals surface area contributed by atoms with Crippen molar-refractivity contribution in [2.75, 3.05) is 13.2 Å². The van der Waals surface area contributed by atoms with Crippen LogP contribution < -0.4 is 10.1 Å². The van der Waals surface area contributed by atoms with Gasteiger partial charge in [0.25, 0.3) is 5.91 Å². The van der Waals surface area contributed by atoms with Gasteiger partial charge in [-0.3, -0.25) is 4.79 Å². The lowest BCUT2D eigenvalue weighted by atomic mass is 10.0. The molecule has 1 aliphatic rings. The summed E-state index contributed by atoms with van der Waals surface area (Å²) in [6.07, 6.45) is 3.73. The van der Waals surface area contributed by atoms with Crippen molar-refractivity contribution in [2.24, 2.45) is 0 Å². The highest BCUT2D eigenvalue weighted by Gasteiger charge is 2.28. The third-order valence-electron chi connectivity index (χ3n) is 4.40. The van der Waals surface area contributed by atoms with Crippen LogP contribution in [0.1, 0.15) is 24.8 Å². The lowest BCUT2D eigenvalue weighted by Crippen LogP contribution is -2.43. The van der Waals surface area contributed by atoms with E-state index in [1.807, 2.05) is 12.1 Å². The Hall–Kier alpha value is -2.75. The predicted molar refractivity (Wildman–Crippen MR) is 107 cm³/mol. The Morgan fingerprint density at radius 3 is 2.67 bits per heavy atom. The lowest BCUT2D eigenvalue weighted by Gasteiger charge is -2.27. The summed E-state index contributed by atoms with van der Waals surface area (Å²) in [7, 11) is 0. The molecule has 30 heavy (non-hydrogen) atoms. The molecule has 2 atom stereocenters. The Labute approximate surface area is 181 Å². The van der Waals surface area contributed by atoms with Crippen molar-refractivity contribution in [3.63, 3.8) is 0 Å². The summed E-state index contributed by atoms with van der Waals surface area (Å²) in [5.41, 5.74) is 0.782. The molecule has 1 N–H and O–H groups in total. The average Bonchev–Trinajstić information content (AvgIpc) is 3.25. The Bertz CT molecular complexity index is 989. The number of carbonyl (C=O) groups is 1. The SMILES string of the molecule is O=C(COc1cnc(Cl)cn1)N[C@@H]1CC[C@@H](c2nnc(-c3ccc(Cl)cc3)o2)OC1. The lowest BCUT2D eigenvalue weighted by molar-refractivity contribution is -0.125. The Kier molecular flexibility index (Phi) is 6.41. The molecule has 1 aromatic carbocycles. The molecule has 0 spiro atoms. The van der Waals surface area contributed by atoms with E-state index in [9.17, 15) is 4.79 Å². The first kappa shape index (κ1) is 20.5. The van der Waals surface area contributed by atoms with Crippen LogP contribution in [0.25, 0.3) is 11.5 Å². The molecule has 156 valence electrons. The van der Waals surface area contributed by atoms with Crippen LogP contribution >= 0.6 is 23.2 Å². The molecule has 3 heterocycles. The first-order valence-electron chi connectivity index (χ1n) is 9.17. The summed E-state index contributed by atoms with van der Waals surface area (Å²) in [6, 6.07) is 7.00. The maximum atomic E-state index is 12.1. The van der Waals surface area contributed by atoms with Gasteiger partial charge < -0.3 is 19.2 Å². The highest BCUT2D eigenvalue weighted by Crippen LogP contribution is 2.29. The van der Waals surface area contributed by atoms with Crippen LogP contribution in [0.5, 0.6) is 5.88 Å². The zero-order valence-corrected chi connectivity index (χ0v) is 17.1. The fourth-order valence-corrected chi connectivity index (χ4v) is 3.14. The van der Waals surface area contributed by atoms with Crippen LogP contribution in [0.15, 0.2) is 41.1 Å². The first-order valence-corrected chi connectivity index (χ1v) is 9.93. The molecule has 2 aromatic heterocycles. The minimum absolute atomic E-state index is 0.132. The van der Waals surface area contributed by atoms with Crippen molar-refractivity contribution in [3.05, 3.63) is 52.7 Å².